The molecule has 1 aromatic heterocycles. The van der Waals surface area contributed by atoms with E-state index in [0.29, 0.717) is 6.54 Å². The van der Waals surface area contributed by atoms with E-state index in [9.17, 15) is 4.79 Å². The van der Waals surface area contributed by atoms with Gasteiger partial charge in [-0.1, -0.05) is 24.3 Å². The van der Waals surface area contributed by atoms with Crippen LogP contribution in [0.2, 0.25) is 0 Å². The van der Waals surface area contributed by atoms with Gasteiger partial charge in [0.2, 0.25) is 5.91 Å². The van der Waals surface area contributed by atoms with E-state index in [1.165, 1.54) is 5.56 Å². The Morgan fingerprint density at radius 1 is 1.35 bits per heavy atom. The van der Waals surface area contributed by atoms with Gasteiger partial charge < -0.3 is 10.6 Å². The van der Waals surface area contributed by atoms with Gasteiger partial charge in [0.15, 0.2) is 0 Å². The van der Waals surface area contributed by atoms with Gasteiger partial charge in [-0.15, -0.1) is 0 Å². The molecule has 1 aromatic carbocycles. The monoisotopic (exact) mass is 269 g/mol. The van der Waals surface area contributed by atoms with Gasteiger partial charge >= 0.3 is 0 Å². The zero-order valence-corrected chi connectivity index (χ0v) is 11.4. The molecule has 20 heavy (non-hydrogen) atoms. The summed E-state index contributed by atoms with van der Waals surface area (Å²) in [6.45, 7) is 1.61. The first-order valence-electron chi connectivity index (χ1n) is 7.18. The second-order valence-electron chi connectivity index (χ2n) is 5.18. The molecule has 0 bridgehead atoms. The Balaban J connectivity index is 1.61. The van der Waals surface area contributed by atoms with Gasteiger partial charge in [0.05, 0.1) is 11.6 Å². The van der Waals surface area contributed by atoms with Crippen LogP contribution in [0.15, 0.2) is 36.5 Å². The fraction of sp³-hybridized carbons (Fsp3) is 0.375. The molecule has 1 atom stereocenters. The molecule has 2 aromatic rings. The number of rotatable bonds is 4. The zero-order valence-electron chi connectivity index (χ0n) is 11.4. The third kappa shape index (κ3) is 2.80. The first-order valence-corrected chi connectivity index (χ1v) is 7.18. The fourth-order valence-electron chi connectivity index (χ4n) is 2.72. The summed E-state index contributed by atoms with van der Waals surface area (Å²) in [6.07, 6.45) is 4.66. The van der Waals surface area contributed by atoms with Crippen LogP contribution in [0.5, 0.6) is 0 Å². The molecule has 1 saturated heterocycles. The van der Waals surface area contributed by atoms with Crippen molar-refractivity contribution in [3.05, 3.63) is 42.1 Å². The maximum Gasteiger partial charge on any atom is 0.237 e. The number of carbonyl (C=O) groups excluding carboxylic acids is 1. The molecule has 4 nitrogen and oxygen atoms in total. The predicted molar refractivity (Wildman–Crippen MR) is 79.5 cm³/mol. The minimum Gasteiger partial charge on any atom is -0.354 e. The summed E-state index contributed by atoms with van der Waals surface area (Å²) in [7, 11) is 0. The number of benzene rings is 1. The molecule has 104 valence electrons. The van der Waals surface area contributed by atoms with Crippen molar-refractivity contribution in [1.29, 1.82) is 0 Å². The number of hydrogen-bond acceptors (Lipinski definition) is 3. The number of carbonyl (C=O) groups is 1. The number of nitrogens with zero attached hydrogens (tertiary/aromatic N) is 1. The zero-order chi connectivity index (χ0) is 13.8. The average Bonchev–Trinajstić information content (AvgIpc) is 3.02. The van der Waals surface area contributed by atoms with Gasteiger partial charge in [-0.25, -0.2) is 0 Å². The molecule has 1 fully saturated rings. The van der Waals surface area contributed by atoms with Crippen molar-refractivity contribution < 1.29 is 4.79 Å². The van der Waals surface area contributed by atoms with E-state index >= 15 is 0 Å². The van der Waals surface area contributed by atoms with Crippen LogP contribution < -0.4 is 10.6 Å². The standard InChI is InChI=1S/C16H19N3O/c20-16(14-7-3-9-17-14)19-11-8-13-5-1-4-12-6-2-10-18-15(12)13/h1-2,4-6,10,14,17H,3,7-9,11H2,(H,19,20)/t14-/m0/s1. The molecule has 1 aliphatic rings. The number of amides is 1. The van der Waals surface area contributed by atoms with Crippen molar-refractivity contribution in [3.8, 4) is 0 Å². The Hall–Kier alpha value is -1.94. The highest BCUT2D eigenvalue weighted by molar-refractivity contribution is 5.83. The lowest BCUT2D eigenvalue weighted by Gasteiger charge is -2.11. The lowest BCUT2D eigenvalue weighted by Crippen LogP contribution is -2.41. The van der Waals surface area contributed by atoms with Gasteiger partial charge in [0, 0.05) is 18.1 Å². The van der Waals surface area contributed by atoms with Crippen molar-refractivity contribution in [2.45, 2.75) is 25.3 Å². The minimum absolute atomic E-state index is 0.000595. The summed E-state index contributed by atoms with van der Waals surface area (Å²) in [6, 6.07) is 10.2. The van der Waals surface area contributed by atoms with Crippen LogP contribution in [0.1, 0.15) is 18.4 Å². The van der Waals surface area contributed by atoms with Crippen molar-refractivity contribution >= 4 is 16.8 Å². The van der Waals surface area contributed by atoms with E-state index < -0.39 is 0 Å². The first-order chi connectivity index (χ1) is 9.84. The molecule has 4 heteroatoms. The molecule has 0 aliphatic carbocycles. The second-order valence-corrected chi connectivity index (χ2v) is 5.18. The van der Waals surface area contributed by atoms with Crippen LogP contribution in [0.3, 0.4) is 0 Å². The Morgan fingerprint density at radius 2 is 2.25 bits per heavy atom. The first kappa shape index (κ1) is 13.1. The SMILES string of the molecule is O=C(NCCc1cccc2cccnc12)[C@@H]1CCCN1. The van der Waals surface area contributed by atoms with Gasteiger partial charge in [-0.05, 0) is 37.4 Å². The molecule has 2 heterocycles. The van der Waals surface area contributed by atoms with Gasteiger partial charge in [0.25, 0.3) is 0 Å². The number of para-hydroxylation sites is 1. The summed E-state index contributed by atoms with van der Waals surface area (Å²) in [5.41, 5.74) is 2.21. The number of pyridine rings is 1. The van der Waals surface area contributed by atoms with Gasteiger partial charge in [-0.2, -0.15) is 0 Å². The number of fused-ring (bicyclic) bond motifs is 1. The maximum atomic E-state index is 11.9. The number of aromatic nitrogens is 1. The van der Waals surface area contributed by atoms with E-state index in [4.69, 9.17) is 0 Å². The quantitative estimate of drug-likeness (QED) is 0.887. The molecule has 1 amide bonds. The fourth-order valence-corrected chi connectivity index (χ4v) is 2.72. The van der Waals surface area contributed by atoms with Crippen molar-refractivity contribution in [3.63, 3.8) is 0 Å². The molecular weight excluding hydrogens is 250 g/mol. The molecular formula is C16H19N3O. The minimum atomic E-state index is 0.000595. The Morgan fingerprint density at radius 3 is 3.10 bits per heavy atom. The molecule has 0 unspecified atom stereocenters. The molecule has 1 aliphatic heterocycles. The molecule has 0 saturated carbocycles. The van der Waals surface area contributed by atoms with Crippen molar-refractivity contribution in [2.24, 2.45) is 0 Å². The van der Waals surface area contributed by atoms with Gasteiger partial charge in [0.1, 0.15) is 0 Å². The summed E-state index contributed by atoms with van der Waals surface area (Å²) in [5.74, 6) is 0.121. The Labute approximate surface area is 118 Å². The normalized spacial score (nSPS) is 18.3. The summed E-state index contributed by atoms with van der Waals surface area (Å²) in [5, 5.41) is 7.37. The highest BCUT2D eigenvalue weighted by Crippen LogP contribution is 2.16. The summed E-state index contributed by atoms with van der Waals surface area (Å²) >= 11 is 0. The van der Waals surface area contributed by atoms with E-state index in [2.05, 4.69) is 33.8 Å². The molecule has 3 rings (SSSR count). The van der Waals surface area contributed by atoms with E-state index in [1.807, 2.05) is 18.3 Å². The van der Waals surface area contributed by atoms with E-state index in [-0.39, 0.29) is 11.9 Å². The maximum absolute atomic E-state index is 11.9. The highest BCUT2D eigenvalue weighted by atomic mass is 16.2. The lowest BCUT2D eigenvalue weighted by atomic mass is 10.1. The van der Waals surface area contributed by atoms with Crippen LogP contribution in [-0.2, 0) is 11.2 Å². The molecule has 0 spiro atoms. The second kappa shape index (κ2) is 6.01. The highest BCUT2D eigenvalue weighted by Gasteiger charge is 2.21. The van der Waals surface area contributed by atoms with Crippen molar-refractivity contribution in [2.75, 3.05) is 13.1 Å². The third-order valence-electron chi connectivity index (χ3n) is 3.79. The van der Waals surface area contributed by atoms with E-state index in [1.54, 1.807) is 0 Å². The third-order valence-corrected chi connectivity index (χ3v) is 3.79. The molecule has 2 N–H and O–H groups in total. The van der Waals surface area contributed by atoms with Crippen LogP contribution >= 0.6 is 0 Å². The smallest absolute Gasteiger partial charge is 0.237 e. The number of hydrogen-bond donors (Lipinski definition) is 2. The van der Waals surface area contributed by atoms with Crippen molar-refractivity contribution in [1.82, 2.24) is 15.6 Å². The Kier molecular flexibility index (Phi) is 3.92. The van der Waals surface area contributed by atoms with Crippen LogP contribution in [0.25, 0.3) is 10.9 Å². The van der Waals surface area contributed by atoms with E-state index in [0.717, 1.165) is 36.7 Å². The largest absolute Gasteiger partial charge is 0.354 e. The van der Waals surface area contributed by atoms with Gasteiger partial charge in [-0.3, -0.25) is 9.78 Å². The topological polar surface area (TPSA) is 54.0 Å². The lowest BCUT2D eigenvalue weighted by molar-refractivity contribution is -0.122. The summed E-state index contributed by atoms with van der Waals surface area (Å²) in [4.78, 5) is 16.3. The number of nitrogens with one attached hydrogen (secondary N) is 2. The molecule has 0 radical (unpaired) electrons. The predicted octanol–water partition coefficient (Wildman–Crippen LogP) is 1.65. The van der Waals surface area contributed by atoms with Crippen LogP contribution in [-0.4, -0.2) is 30.0 Å². The van der Waals surface area contributed by atoms with Crippen LogP contribution in [0, 0.1) is 0 Å². The average molecular weight is 269 g/mol. The Bertz CT molecular complexity index is 600. The summed E-state index contributed by atoms with van der Waals surface area (Å²) < 4.78 is 0. The van der Waals surface area contributed by atoms with Crippen LogP contribution in [0.4, 0.5) is 0 Å².